The first-order chi connectivity index (χ1) is 8.71. The highest BCUT2D eigenvalue weighted by Crippen LogP contribution is 2.13. The largest absolute Gasteiger partial charge is 0.488 e. The van der Waals surface area contributed by atoms with Crippen molar-refractivity contribution < 1.29 is 23.7 Å². The lowest BCUT2D eigenvalue weighted by atomic mass is 10.2. The monoisotopic (exact) mass is 254 g/mol. The van der Waals surface area contributed by atoms with E-state index in [-0.39, 0.29) is 12.6 Å². The number of carbonyl (C=O) groups is 1. The highest BCUT2D eigenvalue weighted by atomic mass is 16.7. The Morgan fingerprint density at radius 2 is 1.78 bits per heavy atom. The van der Waals surface area contributed by atoms with Crippen LogP contribution in [0.15, 0.2) is 24.3 Å². The molecule has 1 aromatic rings. The molecular formula is C13H18O5. The first-order valence-electron chi connectivity index (χ1n) is 5.66. The highest BCUT2D eigenvalue weighted by Gasteiger charge is 2.08. The molecule has 0 aliphatic heterocycles. The van der Waals surface area contributed by atoms with Crippen LogP contribution < -0.4 is 4.74 Å². The van der Waals surface area contributed by atoms with Crippen LogP contribution in [-0.2, 0) is 14.2 Å². The normalized spacial score (nSPS) is 10.4. The molecule has 1 aromatic carbocycles. The summed E-state index contributed by atoms with van der Waals surface area (Å²) >= 11 is 0. The van der Waals surface area contributed by atoms with Crippen molar-refractivity contribution >= 4 is 5.97 Å². The van der Waals surface area contributed by atoms with Crippen LogP contribution in [-0.4, -0.2) is 39.7 Å². The third-order valence-electron chi connectivity index (χ3n) is 2.28. The van der Waals surface area contributed by atoms with Crippen LogP contribution in [0.2, 0.25) is 0 Å². The lowest BCUT2D eigenvalue weighted by Crippen LogP contribution is -2.22. The first kappa shape index (κ1) is 14.5. The predicted octanol–water partition coefficient (Wildman–Crippen LogP) is 1.86. The SMILES string of the molecule is CCOC(=O)c1ccc(OCC(OC)OC)cc1. The fourth-order valence-corrected chi connectivity index (χ4v) is 1.30. The molecule has 0 saturated heterocycles. The van der Waals surface area contributed by atoms with E-state index in [2.05, 4.69) is 0 Å². The van der Waals surface area contributed by atoms with E-state index in [0.29, 0.717) is 17.9 Å². The van der Waals surface area contributed by atoms with Gasteiger partial charge in [0.05, 0.1) is 12.2 Å². The molecule has 0 heterocycles. The van der Waals surface area contributed by atoms with Crippen molar-refractivity contribution in [1.82, 2.24) is 0 Å². The van der Waals surface area contributed by atoms with Crippen LogP contribution >= 0.6 is 0 Å². The van der Waals surface area contributed by atoms with Gasteiger partial charge in [-0.1, -0.05) is 0 Å². The van der Waals surface area contributed by atoms with Gasteiger partial charge in [0.15, 0.2) is 6.29 Å². The number of hydrogen-bond acceptors (Lipinski definition) is 5. The Hall–Kier alpha value is -1.59. The summed E-state index contributed by atoms with van der Waals surface area (Å²) in [6.45, 7) is 2.41. The number of rotatable bonds is 7. The molecule has 0 aromatic heterocycles. The summed E-state index contributed by atoms with van der Waals surface area (Å²) in [4.78, 5) is 11.4. The zero-order valence-electron chi connectivity index (χ0n) is 10.8. The molecule has 0 bridgehead atoms. The smallest absolute Gasteiger partial charge is 0.338 e. The van der Waals surface area contributed by atoms with Gasteiger partial charge in [-0.3, -0.25) is 0 Å². The van der Waals surface area contributed by atoms with Crippen molar-refractivity contribution in [1.29, 1.82) is 0 Å². The molecule has 0 aliphatic carbocycles. The van der Waals surface area contributed by atoms with Crippen molar-refractivity contribution in [2.45, 2.75) is 13.2 Å². The van der Waals surface area contributed by atoms with Crippen molar-refractivity contribution in [2.24, 2.45) is 0 Å². The second kappa shape index (κ2) is 7.68. The molecule has 0 radical (unpaired) electrons. The van der Waals surface area contributed by atoms with Crippen LogP contribution in [0.5, 0.6) is 5.75 Å². The molecule has 5 nitrogen and oxygen atoms in total. The van der Waals surface area contributed by atoms with Gasteiger partial charge < -0.3 is 18.9 Å². The number of methoxy groups -OCH3 is 2. The molecule has 0 amide bonds. The summed E-state index contributed by atoms with van der Waals surface area (Å²) < 4.78 is 20.3. The van der Waals surface area contributed by atoms with Crippen LogP contribution in [0.1, 0.15) is 17.3 Å². The van der Waals surface area contributed by atoms with Crippen molar-refractivity contribution in [3.05, 3.63) is 29.8 Å². The fraction of sp³-hybridized carbons (Fsp3) is 0.462. The minimum atomic E-state index is -0.408. The van der Waals surface area contributed by atoms with E-state index in [1.807, 2.05) is 0 Å². The summed E-state index contributed by atoms with van der Waals surface area (Å²) in [6, 6.07) is 6.72. The van der Waals surface area contributed by atoms with Gasteiger partial charge in [-0.2, -0.15) is 0 Å². The minimum absolute atomic E-state index is 0.283. The number of carbonyl (C=O) groups excluding carboxylic acids is 1. The molecule has 0 N–H and O–H groups in total. The third kappa shape index (κ3) is 4.35. The molecule has 0 fully saturated rings. The Balaban J connectivity index is 2.52. The number of esters is 1. The maximum atomic E-state index is 11.4. The lowest BCUT2D eigenvalue weighted by Gasteiger charge is -2.14. The van der Waals surface area contributed by atoms with Gasteiger partial charge in [-0.25, -0.2) is 4.79 Å². The standard InChI is InChI=1S/C13H18O5/c1-4-17-13(14)10-5-7-11(8-6-10)18-9-12(15-2)16-3/h5-8,12H,4,9H2,1-3H3. The topological polar surface area (TPSA) is 54.0 Å². The van der Waals surface area contributed by atoms with E-state index in [0.717, 1.165) is 0 Å². The van der Waals surface area contributed by atoms with Gasteiger partial charge in [0.2, 0.25) is 0 Å². The first-order valence-corrected chi connectivity index (χ1v) is 5.66. The van der Waals surface area contributed by atoms with Gasteiger partial charge in [0, 0.05) is 14.2 Å². The second-order valence-corrected chi connectivity index (χ2v) is 3.46. The molecule has 0 saturated carbocycles. The van der Waals surface area contributed by atoms with Crippen molar-refractivity contribution in [3.8, 4) is 5.75 Å². The maximum Gasteiger partial charge on any atom is 0.338 e. The van der Waals surface area contributed by atoms with Crippen LogP contribution in [0.3, 0.4) is 0 Å². The summed E-state index contributed by atoms with van der Waals surface area (Å²) in [5.41, 5.74) is 0.499. The Labute approximate surface area is 107 Å². The van der Waals surface area contributed by atoms with E-state index < -0.39 is 6.29 Å². The third-order valence-corrected chi connectivity index (χ3v) is 2.28. The second-order valence-electron chi connectivity index (χ2n) is 3.46. The van der Waals surface area contributed by atoms with E-state index in [1.54, 1.807) is 45.4 Å². The van der Waals surface area contributed by atoms with Gasteiger partial charge in [-0.15, -0.1) is 0 Å². The zero-order valence-corrected chi connectivity index (χ0v) is 10.8. The predicted molar refractivity (Wildman–Crippen MR) is 65.7 cm³/mol. The van der Waals surface area contributed by atoms with E-state index in [9.17, 15) is 4.79 Å². The molecule has 18 heavy (non-hydrogen) atoms. The molecule has 0 spiro atoms. The summed E-state index contributed by atoms with van der Waals surface area (Å²) in [7, 11) is 3.09. The summed E-state index contributed by atoms with van der Waals surface area (Å²) in [5.74, 6) is 0.304. The van der Waals surface area contributed by atoms with E-state index in [4.69, 9.17) is 18.9 Å². The molecule has 0 atom stereocenters. The van der Waals surface area contributed by atoms with Gasteiger partial charge in [0.1, 0.15) is 12.4 Å². The molecule has 0 unspecified atom stereocenters. The molecular weight excluding hydrogens is 236 g/mol. The number of ether oxygens (including phenoxy) is 4. The zero-order chi connectivity index (χ0) is 13.4. The molecule has 5 heteroatoms. The number of benzene rings is 1. The van der Waals surface area contributed by atoms with Crippen molar-refractivity contribution in [3.63, 3.8) is 0 Å². The highest BCUT2D eigenvalue weighted by molar-refractivity contribution is 5.89. The summed E-state index contributed by atoms with van der Waals surface area (Å²) in [6.07, 6.45) is -0.408. The van der Waals surface area contributed by atoms with Crippen LogP contribution in [0.4, 0.5) is 0 Å². The maximum absolute atomic E-state index is 11.4. The van der Waals surface area contributed by atoms with Crippen molar-refractivity contribution in [2.75, 3.05) is 27.4 Å². The average Bonchev–Trinajstić information content (AvgIpc) is 2.41. The molecule has 100 valence electrons. The van der Waals surface area contributed by atoms with Gasteiger partial charge in [-0.05, 0) is 31.2 Å². The molecule has 1 rings (SSSR count). The molecule has 0 aliphatic rings. The minimum Gasteiger partial charge on any atom is -0.488 e. The Bertz CT molecular complexity index is 356. The lowest BCUT2D eigenvalue weighted by molar-refractivity contribution is -0.121. The van der Waals surface area contributed by atoms with E-state index >= 15 is 0 Å². The average molecular weight is 254 g/mol. The number of hydrogen-bond donors (Lipinski definition) is 0. The Morgan fingerprint density at radius 3 is 2.28 bits per heavy atom. The van der Waals surface area contributed by atoms with Crippen LogP contribution in [0, 0.1) is 0 Å². The van der Waals surface area contributed by atoms with Gasteiger partial charge >= 0.3 is 5.97 Å². The Kier molecular flexibility index (Phi) is 6.18. The quantitative estimate of drug-likeness (QED) is 0.549. The fourth-order valence-electron chi connectivity index (χ4n) is 1.30. The van der Waals surface area contributed by atoms with E-state index in [1.165, 1.54) is 0 Å². The Morgan fingerprint density at radius 1 is 1.17 bits per heavy atom. The van der Waals surface area contributed by atoms with Gasteiger partial charge in [0.25, 0.3) is 0 Å². The van der Waals surface area contributed by atoms with Crippen LogP contribution in [0.25, 0.3) is 0 Å². The summed E-state index contributed by atoms with van der Waals surface area (Å²) in [5, 5.41) is 0.